The first-order chi connectivity index (χ1) is 14.7. The van der Waals surface area contributed by atoms with E-state index in [-0.39, 0.29) is 11.5 Å². The first kappa shape index (κ1) is 20.5. The molecule has 0 spiro atoms. The summed E-state index contributed by atoms with van der Waals surface area (Å²) >= 11 is 0. The number of nitrogens with two attached hydrogens (primary N) is 1. The molecule has 1 unspecified atom stereocenters. The second-order valence-corrected chi connectivity index (χ2v) is 7.51. The zero-order chi connectivity index (χ0) is 22.3. The van der Waals surface area contributed by atoms with Crippen LogP contribution in [0.3, 0.4) is 0 Å². The number of nitrogens with zero attached hydrogens (tertiary/aromatic N) is 3. The highest BCUT2D eigenvalue weighted by molar-refractivity contribution is 6.01. The first-order valence-corrected chi connectivity index (χ1v) is 9.69. The Balaban J connectivity index is 1.64. The third kappa shape index (κ3) is 3.85. The number of benzene rings is 2. The molecule has 0 bridgehead atoms. The van der Waals surface area contributed by atoms with E-state index >= 15 is 4.39 Å². The van der Waals surface area contributed by atoms with Crippen molar-refractivity contribution in [3.63, 3.8) is 0 Å². The number of hydrogen-bond donors (Lipinski definition) is 3. The molecular weight excluding hydrogens is 397 g/mol. The quantitative estimate of drug-likeness (QED) is 0.468. The highest BCUT2D eigenvalue weighted by Gasteiger charge is 2.20. The summed E-state index contributed by atoms with van der Waals surface area (Å²) in [4.78, 5) is 21.0. The Bertz CT molecular complexity index is 1320. The van der Waals surface area contributed by atoms with Crippen LogP contribution in [0.5, 0.6) is 0 Å². The molecule has 0 aliphatic rings. The summed E-state index contributed by atoms with van der Waals surface area (Å²) in [6, 6.07) is 11.4. The van der Waals surface area contributed by atoms with Crippen LogP contribution in [0.4, 0.5) is 15.9 Å². The number of rotatable bonds is 4. The van der Waals surface area contributed by atoms with Gasteiger partial charge in [-0.05, 0) is 37.6 Å². The molecule has 7 nitrogen and oxygen atoms in total. The van der Waals surface area contributed by atoms with Crippen LogP contribution in [-0.2, 0) is 11.8 Å². The van der Waals surface area contributed by atoms with Gasteiger partial charge in [-0.15, -0.1) is 0 Å². The average Bonchev–Trinajstić information content (AvgIpc) is 3.04. The molecule has 0 radical (unpaired) electrons. The van der Waals surface area contributed by atoms with E-state index in [2.05, 4.69) is 15.3 Å². The van der Waals surface area contributed by atoms with Crippen molar-refractivity contribution in [2.45, 2.75) is 20.0 Å². The van der Waals surface area contributed by atoms with Crippen molar-refractivity contribution >= 4 is 28.4 Å². The molecule has 0 aliphatic heterocycles. The van der Waals surface area contributed by atoms with Gasteiger partial charge in [0.15, 0.2) is 6.10 Å². The van der Waals surface area contributed by atoms with Crippen LogP contribution in [0.1, 0.15) is 23.1 Å². The number of fused-ring (bicyclic) bond motifs is 1. The predicted molar refractivity (Wildman–Crippen MR) is 118 cm³/mol. The van der Waals surface area contributed by atoms with Gasteiger partial charge in [0.05, 0.1) is 5.39 Å². The van der Waals surface area contributed by atoms with Crippen molar-refractivity contribution < 1.29 is 14.3 Å². The van der Waals surface area contributed by atoms with Crippen molar-refractivity contribution in [2.75, 3.05) is 11.1 Å². The van der Waals surface area contributed by atoms with Gasteiger partial charge in [-0.2, -0.15) is 0 Å². The number of halogens is 1. The van der Waals surface area contributed by atoms with E-state index in [0.717, 1.165) is 5.56 Å². The SMILES string of the molecule is Cc1cccc(C(O)C(=O)Nc2ccc(-c3cn(C)c4nc(C)nc(N)c34)c(F)c2)c1. The van der Waals surface area contributed by atoms with Crippen LogP contribution in [0.25, 0.3) is 22.2 Å². The van der Waals surface area contributed by atoms with Gasteiger partial charge in [0, 0.05) is 30.1 Å². The molecule has 2 heterocycles. The molecular formula is C23H22FN5O2. The zero-order valence-electron chi connectivity index (χ0n) is 17.3. The number of nitrogens with one attached hydrogen (secondary N) is 1. The van der Waals surface area contributed by atoms with E-state index in [9.17, 15) is 9.90 Å². The summed E-state index contributed by atoms with van der Waals surface area (Å²) in [5.41, 5.74) is 9.19. The molecule has 4 N–H and O–H groups in total. The minimum atomic E-state index is -1.36. The smallest absolute Gasteiger partial charge is 0.257 e. The fourth-order valence-corrected chi connectivity index (χ4v) is 3.63. The Morgan fingerprint density at radius 2 is 1.94 bits per heavy atom. The van der Waals surface area contributed by atoms with Gasteiger partial charge in [-0.25, -0.2) is 14.4 Å². The third-order valence-corrected chi connectivity index (χ3v) is 5.09. The number of aliphatic hydroxyl groups excluding tert-OH is 1. The lowest BCUT2D eigenvalue weighted by Gasteiger charge is -2.13. The van der Waals surface area contributed by atoms with Crippen molar-refractivity contribution in [3.8, 4) is 11.1 Å². The zero-order valence-corrected chi connectivity index (χ0v) is 17.3. The number of carbonyl (C=O) groups is 1. The number of hydrogen-bond acceptors (Lipinski definition) is 5. The number of aromatic nitrogens is 3. The summed E-state index contributed by atoms with van der Waals surface area (Å²) in [5, 5.41) is 13.4. The molecule has 158 valence electrons. The molecule has 31 heavy (non-hydrogen) atoms. The lowest BCUT2D eigenvalue weighted by Crippen LogP contribution is -2.21. The lowest BCUT2D eigenvalue weighted by molar-refractivity contribution is -0.124. The maximum Gasteiger partial charge on any atom is 0.257 e. The summed E-state index contributed by atoms with van der Waals surface area (Å²) in [6.07, 6.45) is 0.383. The van der Waals surface area contributed by atoms with Crippen LogP contribution in [0.15, 0.2) is 48.7 Å². The second kappa shape index (κ2) is 7.81. The highest BCUT2D eigenvalue weighted by atomic mass is 19.1. The molecule has 4 aromatic rings. The van der Waals surface area contributed by atoms with Gasteiger partial charge >= 0.3 is 0 Å². The number of aryl methyl sites for hydroxylation is 3. The van der Waals surface area contributed by atoms with Crippen molar-refractivity contribution in [1.29, 1.82) is 0 Å². The average molecular weight is 419 g/mol. The molecule has 0 saturated carbocycles. The second-order valence-electron chi connectivity index (χ2n) is 7.51. The van der Waals surface area contributed by atoms with Crippen LogP contribution in [0.2, 0.25) is 0 Å². The lowest BCUT2D eigenvalue weighted by atomic mass is 10.0. The van der Waals surface area contributed by atoms with E-state index in [1.54, 1.807) is 55.1 Å². The van der Waals surface area contributed by atoms with E-state index < -0.39 is 17.8 Å². The van der Waals surface area contributed by atoms with Gasteiger partial charge in [0.1, 0.15) is 23.1 Å². The summed E-state index contributed by atoms with van der Waals surface area (Å²) in [7, 11) is 1.80. The monoisotopic (exact) mass is 419 g/mol. The number of aliphatic hydroxyl groups is 1. The molecule has 2 aromatic carbocycles. The van der Waals surface area contributed by atoms with Crippen LogP contribution < -0.4 is 11.1 Å². The van der Waals surface area contributed by atoms with Gasteiger partial charge in [0.25, 0.3) is 5.91 Å². The Hall–Kier alpha value is -3.78. The third-order valence-electron chi connectivity index (χ3n) is 5.09. The Morgan fingerprint density at radius 1 is 1.16 bits per heavy atom. The molecule has 2 aromatic heterocycles. The van der Waals surface area contributed by atoms with Gasteiger partial charge in [0.2, 0.25) is 0 Å². The van der Waals surface area contributed by atoms with Crippen molar-refractivity contribution in [3.05, 3.63) is 71.4 Å². The molecule has 0 saturated heterocycles. The fourth-order valence-electron chi connectivity index (χ4n) is 3.63. The van der Waals surface area contributed by atoms with Crippen LogP contribution in [0, 0.1) is 19.7 Å². The highest BCUT2D eigenvalue weighted by Crippen LogP contribution is 2.35. The molecule has 4 rings (SSSR count). The van der Waals surface area contributed by atoms with Crippen molar-refractivity contribution in [2.24, 2.45) is 7.05 Å². The van der Waals surface area contributed by atoms with Crippen LogP contribution >= 0.6 is 0 Å². The minimum absolute atomic E-state index is 0.234. The maximum atomic E-state index is 15.0. The first-order valence-electron chi connectivity index (χ1n) is 9.69. The van der Waals surface area contributed by atoms with E-state index in [0.29, 0.717) is 33.5 Å². The van der Waals surface area contributed by atoms with Crippen LogP contribution in [-0.4, -0.2) is 25.5 Å². The van der Waals surface area contributed by atoms with E-state index in [1.807, 2.05) is 13.0 Å². The predicted octanol–water partition coefficient (Wildman–Crippen LogP) is 3.65. The number of carbonyl (C=O) groups excluding carboxylic acids is 1. The van der Waals surface area contributed by atoms with Gasteiger partial charge < -0.3 is 20.7 Å². The standard InChI is InChI=1S/C23H22FN5O2/c1-12-5-4-6-14(9-12)20(30)23(31)28-15-7-8-16(18(24)10-15)17-11-29(3)22-19(17)21(25)26-13(2)27-22/h4-11,20,30H,1-3H3,(H,28,31)(H2,25,26,27). The topological polar surface area (TPSA) is 106 Å². The van der Waals surface area contributed by atoms with Gasteiger partial charge in [-0.1, -0.05) is 29.8 Å². The summed E-state index contributed by atoms with van der Waals surface area (Å²) in [5.74, 6) is -0.383. The van der Waals surface area contributed by atoms with E-state index in [4.69, 9.17) is 5.73 Å². The van der Waals surface area contributed by atoms with E-state index in [1.165, 1.54) is 6.07 Å². The Kier molecular flexibility index (Phi) is 5.16. The fraction of sp³-hybridized carbons (Fsp3) is 0.174. The van der Waals surface area contributed by atoms with Gasteiger partial charge in [-0.3, -0.25) is 4.79 Å². The summed E-state index contributed by atoms with van der Waals surface area (Å²) in [6.45, 7) is 3.61. The number of nitrogen functional groups attached to an aromatic ring is 1. The maximum absolute atomic E-state index is 15.0. The molecule has 1 amide bonds. The molecule has 0 aliphatic carbocycles. The number of amides is 1. The summed E-state index contributed by atoms with van der Waals surface area (Å²) < 4.78 is 16.8. The normalized spacial score (nSPS) is 12.2. The Labute approximate surface area is 178 Å². The molecule has 8 heteroatoms. The van der Waals surface area contributed by atoms with Crippen molar-refractivity contribution in [1.82, 2.24) is 14.5 Å². The number of anilines is 2. The largest absolute Gasteiger partial charge is 0.383 e. The Morgan fingerprint density at radius 3 is 2.65 bits per heavy atom. The molecule has 1 atom stereocenters. The molecule has 0 fully saturated rings. The minimum Gasteiger partial charge on any atom is -0.383 e.